The average Bonchev–Trinajstić information content (AvgIpc) is 3.90. The molecule has 0 saturated carbocycles. The standard InChI is InChI=1S/C60H40N2O/c1-2-3-13-40-24-25-45-37-44(27-26-43(45)36-40)41-28-32-47(33-29-41)61(48-15-12-16-49(39-48)62-57-22-10-7-19-52(57)53-20-8-11-23-58(53)62)56-21-9-6-17-50(56)46-31-35-59-55(38-46)54-34-30-42-14-4-5-18-51(42)60(54)63-59/h2-39H,1H2/b13-3-. The van der Waals surface area contributed by atoms with Crippen LogP contribution in [0.2, 0.25) is 0 Å². The number of fused-ring (bicyclic) bond motifs is 9. The Bertz CT molecular complexity index is 3720. The molecule has 63 heavy (non-hydrogen) atoms. The number of benzene rings is 10. The number of para-hydroxylation sites is 3. The van der Waals surface area contributed by atoms with Crippen molar-refractivity contribution in [1.82, 2.24) is 4.57 Å². The lowest BCUT2D eigenvalue weighted by Crippen LogP contribution is -2.11. The van der Waals surface area contributed by atoms with Gasteiger partial charge < -0.3 is 13.9 Å². The van der Waals surface area contributed by atoms with Gasteiger partial charge in [-0.2, -0.15) is 0 Å². The van der Waals surface area contributed by atoms with Crippen LogP contribution in [0.3, 0.4) is 0 Å². The van der Waals surface area contributed by atoms with Crippen LogP contribution in [0.15, 0.2) is 235 Å². The van der Waals surface area contributed by atoms with Gasteiger partial charge in [0.05, 0.1) is 16.7 Å². The van der Waals surface area contributed by atoms with Crippen molar-refractivity contribution >= 4 is 88.4 Å². The lowest BCUT2D eigenvalue weighted by molar-refractivity contribution is 0.672. The van der Waals surface area contributed by atoms with E-state index in [9.17, 15) is 0 Å². The predicted octanol–water partition coefficient (Wildman–Crippen LogP) is 17.0. The molecule has 0 unspecified atom stereocenters. The minimum absolute atomic E-state index is 0.882. The number of allylic oxidation sites excluding steroid dienone is 2. The predicted molar refractivity (Wildman–Crippen MR) is 268 cm³/mol. The highest BCUT2D eigenvalue weighted by molar-refractivity contribution is 6.16. The Kier molecular flexibility index (Phi) is 8.65. The Hall–Kier alpha value is -8.40. The number of aromatic nitrogens is 1. The second-order valence-corrected chi connectivity index (χ2v) is 16.2. The summed E-state index contributed by atoms with van der Waals surface area (Å²) in [6.45, 7) is 3.82. The van der Waals surface area contributed by atoms with E-state index in [1.165, 1.54) is 43.5 Å². The Morgan fingerprint density at radius 3 is 1.95 bits per heavy atom. The van der Waals surface area contributed by atoms with Crippen LogP contribution in [0.25, 0.3) is 99.3 Å². The van der Waals surface area contributed by atoms with E-state index in [1.807, 2.05) is 12.2 Å². The fourth-order valence-corrected chi connectivity index (χ4v) is 9.51. The second kappa shape index (κ2) is 14.9. The van der Waals surface area contributed by atoms with E-state index in [4.69, 9.17) is 4.42 Å². The molecule has 0 aliphatic rings. The molecule has 10 aromatic carbocycles. The molecule has 0 radical (unpaired) electrons. The maximum Gasteiger partial charge on any atom is 0.143 e. The SMILES string of the molecule is C=C/C=C\c1ccc2cc(-c3ccc(N(c4cccc(-n5c6ccccc6c6ccccc65)c4)c4ccccc4-c4ccc5oc6c7ccccc7ccc6c5c4)cc3)ccc2c1. The summed E-state index contributed by atoms with van der Waals surface area (Å²) in [6.07, 6.45) is 5.86. The number of furan rings is 1. The van der Waals surface area contributed by atoms with E-state index in [-0.39, 0.29) is 0 Å². The van der Waals surface area contributed by atoms with Gasteiger partial charge >= 0.3 is 0 Å². The Morgan fingerprint density at radius 1 is 0.444 bits per heavy atom. The molecule has 0 amide bonds. The van der Waals surface area contributed by atoms with Gasteiger partial charge in [-0.1, -0.05) is 158 Å². The molecule has 3 heteroatoms. The highest BCUT2D eigenvalue weighted by atomic mass is 16.3. The number of hydrogen-bond acceptors (Lipinski definition) is 2. The van der Waals surface area contributed by atoms with Gasteiger partial charge in [0.1, 0.15) is 11.2 Å². The molecule has 0 N–H and O–H groups in total. The van der Waals surface area contributed by atoms with Gasteiger partial charge in [-0.25, -0.2) is 0 Å². The number of rotatable bonds is 8. The summed E-state index contributed by atoms with van der Waals surface area (Å²) >= 11 is 0. The summed E-state index contributed by atoms with van der Waals surface area (Å²) < 4.78 is 8.94. The zero-order valence-corrected chi connectivity index (χ0v) is 34.4. The molecule has 0 atom stereocenters. The Labute approximate surface area is 365 Å². The van der Waals surface area contributed by atoms with Crippen molar-refractivity contribution < 1.29 is 4.42 Å². The topological polar surface area (TPSA) is 21.3 Å². The van der Waals surface area contributed by atoms with Gasteiger partial charge in [0.25, 0.3) is 0 Å². The number of nitrogens with zero attached hydrogens (tertiary/aromatic N) is 2. The van der Waals surface area contributed by atoms with Gasteiger partial charge in [-0.05, 0) is 117 Å². The molecule has 2 heterocycles. The molecule has 0 aliphatic heterocycles. The zero-order valence-electron chi connectivity index (χ0n) is 34.4. The van der Waals surface area contributed by atoms with Crippen LogP contribution in [0.1, 0.15) is 5.56 Å². The maximum atomic E-state index is 6.55. The summed E-state index contributed by atoms with van der Waals surface area (Å²) in [7, 11) is 0. The Morgan fingerprint density at radius 2 is 1.13 bits per heavy atom. The fourth-order valence-electron chi connectivity index (χ4n) is 9.51. The molecule has 3 nitrogen and oxygen atoms in total. The minimum atomic E-state index is 0.882. The van der Waals surface area contributed by atoms with E-state index in [1.54, 1.807) is 0 Å². The summed E-state index contributed by atoms with van der Waals surface area (Å²) in [5.41, 5.74) is 14.2. The van der Waals surface area contributed by atoms with Gasteiger partial charge in [-0.15, -0.1) is 0 Å². The highest BCUT2D eigenvalue weighted by Crippen LogP contribution is 2.44. The van der Waals surface area contributed by atoms with Crippen molar-refractivity contribution in [3.05, 3.63) is 237 Å². The van der Waals surface area contributed by atoms with Crippen LogP contribution in [-0.2, 0) is 0 Å². The average molecular weight is 805 g/mol. The lowest BCUT2D eigenvalue weighted by Gasteiger charge is -2.28. The van der Waals surface area contributed by atoms with E-state index >= 15 is 0 Å². The molecule has 296 valence electrons. The molecular formula is C60H40N2O. The minimum Gasteiger partial charge on any atom is -0.455 e. The van der Waals surface area contributed by atoms with Gasteiger partial charge in [0, 0.05) is 49.6 Å². The third kappa shape index (κ3) is 6.21. The van der Waals surface area contributed by atoms with Crippen LogP contribution >= 0.6 is 0 Å². The first-order valence-electron chi connectivity index (χ1n) is 21.4. The molecule has 12 aromatic rings. The van der Waals surface area contributed by atoms with Gasteiger partial charge in [0.15, 0.2) is 0 Å². The third-order valence-corrected chi connectivity index (χ3v) is 12.5. The lowest BCUT2D eigenvalue weighted by atomic mass is 9.98. The van der Waals surface area contributed by atoms with Crippen LogP contribution < -0.4 is 4.90 Å². The first kappa shape index (κ1) is 36.5. The quantitative estimate of drug-likeness (QED) is 0.143. The largest absolute Gasteiger partial charge is 0.455 e. The summed E-state index contributed by atoms with van der Waals surface area (Å²) in [6, 6.07) is 76.8. The zero-order chi connectivity index (χ0) is 41.9. The van der Waals surface area contributed by atoms with E-state index < -0.39 is 0 Å². The van der Waals surface area contributed by atoms with Crippen molar-refractivity contribution in [2.24, 2.45) is 0 Å². The van der Waals surface area contributed by atoms with Crippen molar-refractivity contribution in [3.63, 3.8) is 0 Å². The summed E-state index contributed by atoms with van der Waals surface area (Å²) in [5.74, 6) is 0. The molecule has 12 rings (SSSR count). The van der Waals surface area contributed by atoms with Crippen molar-refractivity contribution in [2.75, 3.05) is 4.90 Å². The first-order valence-corrected chi connectivity index (χ1v) is 21.4. The van der Waals surface area contributed by atoms with Crippen LogP contribution in [0.5, 0.6) is 0 Å². The van der Waals surface area contributed by atoms with Crippen LogP contribution in [0.4, 0.5) is 17.1 Å². The van der Waals surface area contributed by atoms with Gasteiger partial charge in [0.2, 0.25) is 0 Å². The molecule has 0 fully saturated rings. The van der Waals surface area contributed by atoms with E-state index in [0.29, 0.717) is 0 Å². The van der Waals surface area contributed by atoms with Crippen molar-refractivity contribution in [2.45, 2.75) is 0 Å². The fraction of sp³-hybridized carbons (Fsp3) is 0. The molecule has 0 saturated heterocycles. The van der Waals surface area contributed by atoms with Crippen LogP contribution in [0, 0.1) is 0 Å². The monoisotopic (exact) mass is 804 g/mol. The van der Waals surface area contributed by atoms with Crippen molar-refractivity contribution in [1.29, 1.82) is 0 Å². The molecule has 0 bridgehead atoms. The number of hydrogen-bond donors (Lipinski definition) is 0. The third-order valence-electron chi connectivity index (χ3n) is 12.5. The summed E-state index contributed by atoms with van der Waals surface area (Å²) in [4.78, 5) is 2.40. The molecule has 0 spiro atoms. The van der Waals surface area contributed by atoms with Gasteiger partial charge in [-0.3, -0.25) is 0 Å². The molecule has 2 aromatic heterocycles. The van der Waals surface area contributed by atoms with Crippen LogP contribution in [-0.4, -0.2) is 4.57 Å². The normalized spacial score (nSPS) is 11.8. The highest BCUT2D eigenvalue weighted by Gasteiger charge is 2.20. The Balaban J connectivity index is 1.01. The summed E-state index contributed by atoms with van der Waals surface area (Å²) in [5, 5.41) is 9.42. The van der Waals surface area contributed by atoms with E-state index in [0.717, 1.165) is 72.3 Å². The number of anilines is 3. The van der Waals surface area contributed by atoms with Crippen molar-refractivity contribution in [3.8, 4) is 27.9 Å². The second-order valence-electron chi connectivity index (χ2n) is 16.2. The molecule has 0 aliphatic carbocycles. The smallest absolute Gasteiger partial charge is 0.143 e. The molecular weight excluding hydrogens is 765 g/mol. The first-order chi connectivity index (χ1) is 31.2. The van der Waals surface area contributed by atoms with E-state index in [2.05, 4.69) is 234 Å². The maximum absolute atomic E-state index is 6.55.